The molecule has 3 nitrogen and oxygen atoms in total. The van der Waals surface area contributed by atoms with E-state index in [0.717, 1.165) is 11.0 Å². The van der Waals surface area contributed by atoms with E-state index in [-0.39, 0.29) is 6.04 Å². The van der Waals surface area contributed by atoms with Gasteiger partial charge in [0.2, 0.25) is 0 Å². The number of halogens is 2. The van der Waals surface area contributed by atoms with Crippen molar-refractivity contribution in [1.29, 1.82) is 0 Å². The molecule has 0 saturated heterocycles. The Bertz CT molecular complexity index is 476. The van der Waals surface area contributed by atoms with Crippen molar-refractivity contribution in [2.45, 2.75) is 19.9 Å². The third kappa shape index (κ3) is 1.37. The van der Waals surface area contributed by atoms with Gasteiger partial charge in [0.05, 0.1) is 21.6 Å². The zero-order chi connectivity index (χ0) is 10.3. The largest absolute Gasteiger partial charge is 0.245 e. The molecule has 14 heavy (non-hydrogen) atoms. The fraction of sp³-hybridized carbons (Fsp3) is 0.333. The average molecular weight is 230 g/mol. The van der Waals surface area contributed by atoms with E-state index in [0.29, 0.717) is 10.0 Å². The molecule has 0 fully saturated rings. The Labute approximate surface area is 91.6 Å². The number of hydrogen-bond donors (Lipinski definition) is 0. The fourth-order valence-corrected chi connectivity index (χ4v) is 1.65. The van der Waals surface area contributed by atoms with E-state index in [9.17, 15) is 0 Å². The molecule has 0 aromatic carbocycles. The van der Waals surface area contributed by atoms with E-state index < -0.39 is 0 Å². The maximum atomic E-state index is 6.02. The van der Waals surface area contributed by atoms with Crippen LogP contribution in [0.25, 0.3) is 11.0 Å². The summed E-state index contributed by atoms with van der Waals surface area (Å²) >= 11 is 11.9. The van der Waals surface area contributed by atoms with Crippen LogP contribution in [-0.4, -0.2) is 14.8 Å². The molecule has 0 unspecified atom stereocenters. The molecule has 0 aliphatic heterocycles. The standard InChI is InChI=1S/C9H9Cl2N3/c1-5(2)14-9-6(3-13-14)8(11)7(10)4-12-9/h3-5H,1-2H3. The Balaban J connectivity index is 2.77. The minimum absolute atomic E-state index is 0.261. The zero-order valence-electron chi connectivity index (χ0n) is 7.83. The maximum Gasteiger partial charge on any atom is 0.159 e. The van der Waals surface area contributed by atoms with Gasteiger partial charge in [0.15, 0.2) is 5.65 Å². The molecule has 2 rings (SSSR count). The molecule has 0 bridgehead atoms. The minimum Gasteiger partial charge on any atom is -0.245 e. The molecule has 74 valence electrons. The van der Waals surface area contributed by atoms with E-state index in [4.69, 9.17) is 23.2 Å². The van der Waals surface area contributed by atoms with Crippen molar-refractivity contribution in [3.8, 4) is 0 Å². The van der Waals surface area contributed by atoms with Crippen molar-refractivity contribution in [1.82, 2.24) is 14.8 Å². The van der Waals surface area contributed by atoms with Crippen molar-refractivity contribution in [3.05, 3.63) is 22.4 Å². The molecular formula is C9H9Cl2N3. The monoisotopic (exact) mass is 229 g/mol. The van der Waals surface area contributed by atoms with Crippen LogP contribution < -0.4 is 0 Å². The summed E-state index contributed by atoms with van der Waals surface area (Å²) in [7, 11) is 0. The summed E-state index contributed by atoms with van der Waals surface area (Å²) in [6.45, 7) is 4.08. The van der Waals surface area contributed by atoms with Crippen LogP contribution in [0, 0.1) is 0 Å². The lowest BCUT2D eigenvalue weighted by atomic mass is 10.3. The Morgan fingerprint density at radius 1 is 1.29 bits per heavy atom. The van der Waals surface area contributed by atoms with Crippen LogP contribution in [0.1, 0.15) is 19.9 Å². The smallest absolute Gasteiger partial charge is 0.159 e. The number of nitrogens with zero attached hydrogens (tertiary/aromatic N) is 3. The summed E-state index contributed by atoms with van der Waals surface area (Å²) in [4.78, 5) is 4.21. The lowest BCUT2D eigenvalue weighted by molar-refractivity contribution is 0.546. The normalized spacial score (nSPS) is 11.5. The van der Waals surface area contributed by atoms with Gasteiger partial charge in [-0.05, 0) is 13.8 Å². The lowest BCUT2D eigenvalue weighted by Crippen LogP contribution is -2.03. The first-order chi connectivity index (χ1) is 6.61. The second-order valence-electron chi connectivity index (χ2n) is 3.34. The van der Waals surface area contributed by atoms with Crippen LogP contribution in [0.2, 0.25) is 10.0 Å². The predicted octanol–water partition coefficient (Wildman–Crippen LogP) is 3.32. The summed E-state index contributed by atoms with van der Waals surface area (Å²) in [5, 5.41) is 5.98. The second kappa shape index (κ2) is 3.41. The van der Waals surface area contributed by atoms with Gasteiger partial charge in [-0.25, -0.2) is 9.67 Å². The van der Waals surface area contributed by atoms with Crippen LogP contribution in [0.5, 0.6) is 0 Å². The fourth-order valence-electron chi connectivity index (χ4n) is 1.32. The van der Waals surface area contributed by atoms with E-state index in [1.54, 1.807) is 12.4 Å². The summed E-state index contributed by atoms with van der Waals surface area (Å²) in [5.41, 5.74) is 0.773. The highest BCUT2D eigenvalue weighted by molar-refractivity contribution is 6.44. The Kier molecular flexibility index (Phi) is 2.37. The lowest BCUT2D eigenvalue weighted by Gasteiger charge is -2.06. The molecule has 5 heteroatoms. The highest BCUT2D eigenvalue weighted by Gasteiger charge is 2.11. The van der Waals surface area contributed by atoms with Gasteiger partial charge in [0.1, 0.15) is 0 Å². The number of fused-ring (bicyclic) bond motifs is 1. The Morgan fingerprint density at radius 3 is 2.64 bits per heavy atom. The molecule has 0 N–H and O–H groups in total. The number of rotatable bonds is 1. The van der Waals surface area contributed by atoms with Gasteiger partial charge in [-0.3, -0.25) is 0 Å². The van der Waals surface area contributed by atoms with Gasteiger partial charge >= 0.3 is 0 Å². The topological polar surface area (TPSA) is 30.7 Å². The molecule has 2 aromatic rings. The molecule has 2 heterocycles. The van der Waals surface area contributed by atoms with Crippen molar-refractivity contribution < 1.29 is 0 Å². The van der Waals surface area contributed by atoms with Crippen molar-refractivity contribution >= 4 is 34.2 Å². The summed E-state index contributed by atoms with van der Waals surface area (Å²) < 4.78 is 1.82. The SMILES string of the molecule is CC(C)n1ncc2c(Cl)c(Cl)cnc21. The molecular weight excluding hydrogens is 221 g/mol. The quantitative estimate of drug-likeness (QED) is 0.752. The minimum atomic E-state index is 0.261. The third-order valence-corrected chi connectivity index (χ3v) is 2.80. The van der Waals surface area contributed by atoms with Crippen molar-refractivity contribution in [3.63, 3.8) is 0 Å². The maximum absolute atomic E-state index is 6.02. The predicted molar refractivity (Wildman–Crippen MR) is 57.9 cm³/mol. The third-order valence-electron chi connectivity index (χ3n) is 2.00. The molecule has 0 radical (unpaired) electrons. The van der Waals surface area contributed by atoms with Crippen molar-refractivity contribution in [2.24, 2.45) is 0 Å². The molecule has 0 aliphatic carbocycles. The van der Waals surface area contributed by atoms with E-state index in [1.165, 1.54) is 0 Å². The van der Waals surface area contributed by atoms with Gasteiger partial charge in [-0.15, -0.1) is 0 Å². The zero-order valence-corrected chi connectivity index (χ0v) is 9.34. The Hall–Kier alpha value is -0.800. The molecule has 0 saturated carbocycles. The van der Waals surface area contributed by atoms with E-state index in [2.05, 4.69) is 10.1 Å². The molecule has 0 amide bonds. The van der Waals surface area contributed by atoms with Gasteiger partial charge in [0, 0.05) is 12.2 Å². The highest BCUT2D eigenvalue weighted by Crippen LogP contribution is 2.29. The number of aromatic nitrogens is 3. The summed E-state index contributed by atoms with van der Waals surface area (Å²) in [5.74, 6) is 0. The van der Waals surface area contributed by atoms with Gasteiger partial charge in [-0.1, -0.05) is 23.2 Å². The molecule has 0 spiro atoms. The van der Waals surface area contributed by atoms with Gasteiger partial charge in [-0.2, -0.15) is 5.10 Å². The number of hydrogen-bond acceptors (Lipinski definition) is 2. The molecule has 0 aliphatic rings. The van der Waals surface area contributed by atoms with Crippen molar-refractivity contribution in [2.75, 3.05) is 0 Å². The first-order valence-electron chi connectivity index (χ1n) is 4.28. The Morgan fingerprint density at radius 2 is 2.00 bits per heavy atom. The summed E-state index contributed by atoms with van der Waals surface area (Å²) in [6.07, 6.45) is 3.24. The van der Waals surface area contributed by atoms with E-state index in [1.807, 2.05) is 18.5 Å². The van der Waals surface area contributed by atoms with Gasteiger partial charge in [0.25, 0.3) is 0 Å². The van der Waals surface area contributed by atoms with E-state index >= 15 is 0 Å². The average Bonchev–Trinajstić information content (AvgIpc) is 2.55. The molecule has 2 aromatic heterocycles. The van der Waals surface area contributed by atoms with Crippen LogP contribution in [-0.2, 0) is 0 Å². The molecule has 0 atom stereocenters. The van der Waals surface area contributed by atoms with Crippen LogP contribution in [0.3, 0.4) is 0 Å². The number of pyridine rings is 1. The first kappa shape index (κ1) is 9.74. The van der Waals surface area contributed by atoms with Crippen LogP contribution in [0.15, 0.2) is 12.4 Å². The summed E-state index contributed by atoms with van der Waals surface area (Å²) in [6, 6.07) is 0.261. The second-order valence-corrected chi connectivity index (χ2v) is 4.13. The van der Waals surface area contributed by atoms with Crippen LogP contribution in [0.4, 0.5) is 0 Å². The first-order valence-corrected chi connectivity index (χ1v) is 5.04. The van der Waals surface area contributed by atoms with Crippen LogP contribution >= 0.6 is 23.2 Å². The highest BCUT2D eigenvalue weighted by atomic mass is 35.5. The van der Waals surface area contributed by atoms with Gasteiger partial charge < -0.3 is 0 Å².